The molecule has 0 aromatic carbocycles. The molecule has 2 aliphatic rings. The Hall–Kier alpha value is -0.900. The maximum Gasteiger partial charge on any atom is 0.109 e. The van der Waals surface area contributed by atoms with Gasteiger partial charge in [-0.2, -0.15) is 0 Å². The monoisotopic (exact) mass is 349 g/mol. The van der Waals surface area contributed by atoms with Crippen molar-refractivity contribution in [1.82, 2.24) is 9.80 Å². The van der Waals surface area contributed by atoms with Crippen molar-refractivity contribution in [2.45, 2.75) is 74.3 Å². The zero-order valence-corrected chi connectivity index (χ0v) is 17.7. The molecule has 1 atom stereocenters. The third kappa shape index (κ3) is 3.84. The van der Waals surface area contributed by atoms with E-state index in [1.165, 1.54) is 17.1 Å². The largest absolute Gasteiger partial charge is 0.359 e. The number of thiocarbonyl (C=S) groups is 1. The topological polar surface area (TPSA) is 18.8 Å². The molecule has 2 rings (SSSR count). The predicted octanol–water partition coefficient (Wildman–Crippen LogP) is 4.88. The van der Waals surface area contributed by atoms with Crippen LogP contribution >= 0.6 is 12.2 Å². The van der Waals surface area contributed by atoms with Crippen molar-refractivity contribution in [3.63, 3.8) is 0 Å². The minimum absolute atomic E-state index is 0.0645. The molecule has 4 heteroatoms. The molecule has 3 nitrogen and oxygen atoms in total. The van der Waals surface area contributed by atoms with Crippen LogP contribution in [0.5, 0.6) is 0 Å². The van der Waals surface area contributed by atoms with E-state index in [2.05, 4.69) is 65.2 Å². The molecule has 0 radical (unpaired) electrons. The molecule has 2 heterocycles. The Bertz CT molecular complexity index is 560. The van der Waals surface area contributed by atoms with Crippen LogP contribution < -0.4 is 0 Å². The van der Waals surface area contributed by atoms with E-state index < -0.39 is 0 Å². The van der Waals surface area contributed by atoms with E-state index in [0.29, 0.717) is 0 Å². The molecule has 2 aliphatic heterocycles. The van der Waals surface area contributed by atoms with Crippen molar-refractivity contribution in [3.05, 3.63) is 11.3 Å². The number of fused-ring (bicyclic) bond motifs is 1. The summed E-state index contributed by atoms with van der Waals surface area (Å²) in [6.07, 6.45) is 2.14. The second-order valence-corrected chi connectivity index (χ2v) is 9.68. The molecule has 0 aromatic heterocycles. The average molecular weight is 350 g/mol. The van der Waals surface area contributed by atoms with Gasteiger partial charge in [-0.1, -0.05) is 60.7 Å². The maximum atomic E-state index is 5.69. The van der Waals surface area contributed by atoms with Gasteiger partial charge in [0.1, 0.15) is 5.84 Å². The molecule has 0 aliphatic carbocycles. The third-order valence-electron chi connectivity index (χ3n) is 4.86. The maximum absolute atomic E-state index is 5.69. The van der Waals surface area contributed by atoms with Crippen molar-refractivity contribution >= 4 is 23.0 Å². The van der Waals surface area contributed by atoms with Gasteiger partial charge < -0.3 is 9.80 Å². The van der Waals surface area contributed by atoms with E-state index >= 15 is 0 Å². The Labute approximate surface area is 154 Å². The van der Waals surface area contributed by atoms with Crippen LogP contribution in [0.25, 0.3) is 0 Å². The average Bonchev–Trinajstić information content (AvgIpc) is 2.43. The fourth-order valence-electron chi connectivity index (χ4n) is 3.97. The van der Waals surface area contributed by atoms with Crippen LogP contribution in [0.2, 0.25) is 0 Å². The van der Waals surface area contributed by atoms with Gasteiger partial charge in [-0.05, 0) is 30.8 Å². The van der Waals surface area contributed by atoms with Gasteiger partial charge in [-0.25, -0.2) is 0 Å². The predicted molar refractivity (Wildman–Crippen MR) is 109 cm³/mol. The van der Waals surface area contributed by atoms with Crippen molar-refractivity contribution < 1.29 is 0 Å². The summed E-state index contributed by atoms with van der Waals surface area (Å²) in [5, 5.41) is 0. The van der Waals surface area contributed by atoms with Gasteiger partial charge >= 0.3 is 0 Å². The smallest absolute Gasteiger partial charge is 0.109 e. The van der Waals surface area contributed by atoms with Crippen molar-refractivity contribution in [1.29, 1.82) is 0 Å². The first-order chi connectivity index (χ1) is 11.0. The van der Waals surface area contributed by atoms with Crippen LogP contribution in [0, 0.1) is 10.8 Å². The number of rotatable bonds is 2. The van der Waals surface area contributed by atoms with Crippen LogP contribution in [-0.2, 0) is 0 Å². The molecule has 1 saturated heterocycles. The number of piperazine rings is 1. The van der Waals surface area contributed by atoms with Gasteiger partial charge in [0.2, 0.25) is 0 Å². The highest BCUT2D eigenvalue weighted by Crippen LogP contribution is 2.40. The summed E-state index contributed by atoms with van der Waals surface area (Å²) in [7, 11) is 0. The van der Waals surface area contributed by atoms with Crippen molar-refractivity contribution in [2.75, 3.05) is 19.6 Å². The van der Waals surface area contributed by atoms with Crippen molar-refractivity contribution in [3.8, 4) is 0 Å². The molecule has 0 aromatic rings. The van der Waals surface area contributed by atoms with Crippen molar-refractivity contribution in [2.24, 2.45) is 15.8 Å². The Balaban J connectivity index is 2.45. The lowest BCUT2D eigenvalue weighted by Crippen LogP contribution is -2.55. The van der Waals surface area contributed by atoms with Gasteiger partial charge in [0, 0.05) is 24.2 Å². The summed E-state index contributed by atoms with van der Waals surface area (Å²) in [5.41, 5.74) is 3.10. The molecular weight excluding hydrogens is 314 g/mol. The van der Waals surface area contributed by atoms with Crippen LogP contribution in [0.4, 0.5) is 0 Å². The lowest BCUT2D eigenvalue weighted by atomic mass is 9.78. The summed E-state index contributed by atoms with van der Waals surface area (Å²) < 4.78 is 0. The molecule has 0 N–H and O–H groups in total. The minimum atomic E-state index is 0.0645. The molecule has 0 spiro atoms. The first-order valence-electron chi connectivity index (χ1n) is 9.34. The SMILES string of the molecule is CCCC(=S)N1CCN2C(C(C)(C)C)=N[C@@H](C)C(C(C)(C)C)=C2C1. The number of aliphatic imine (C=N–C) groups is 1. The highest BCUT2D eigenvalue weighted by atomic mass is 32.1. The lowest BCUT2D eigenvalue weighted by Gasteiger charge is -2.48. The van der Waals surface area contributed by atoms with Crippen LogP contribution in [-0.4, -0.2) is 46.3 Å². The molecule has 0 bridgehead atoms. The fourth-order valence-corrected chi connectivity index (χ4v) is 4.33. The molecule has 24 heavy (non-hydrogen) atoms. The summed E-state index contributed by atoms with van der Waals surface area (Å²) in [4.78, 5) is 11.1. The van der Waals surface area contributed by atoms with Crippen LogP contribution in [0.15, 0.2) is 16.3 Å². The summed E-state index contributed by atoms with van der Waals surface area (Å²) in [6.45, 7) is 21.1. The number of hydrogen-bond acceptors (Lipinski definition) is 3. The fraction of sp³-hybridized carbons (Fsp3) is 0.800. The van der Waals surface area contributed by atoms with Gasteiger partial charge in [0.05, 0.1) is 17.6 Å². The Morgan fingerprint density at radius 2 is 1.75 bits per heavy atom. The van der Waals surface area contributed by atoms with Gasteiger partial charge in [0.25, 0.3) is 0 Å². The second kappa shape index (κ2) is 6.78. The molecule has 0 amide bonds. The van der Waals surface area contributed by atoms with E-state index in [4.69, 9.17) is 17.2 Å². The Kier molecular flexibility index (Phi) is 5.49. The van der Waals surface area contributed by atoms with E-state index in [9.17, 15) is 0 Å². The minimum Gasteiger partial charge on any atom is -0.359 e. The highest BCUT2D eigenvalue weighted by molar-refractivity contribution is 7.80. The number of nitrogens with zero attached hydrogens (tertiary/aromatic N) is 3. The molecule has 1 fully saturated rings. The van der Waals surface area contributed by atoms with Gasteiger partial charge in [0.15, 0.2) is 0 Å². The number of amidine groups is 1. The molecule has 0 unspecified atom stereocenters. The van der Waals surface area contributed by atoms with E-state index in [-0.39, 0.29) is 16.9 Å². The van der Waals surface area contributed by atoms with E-state index in [1.807, 2.05) is 0 Å². The summed E-state index contributed by atoms with van der Waals surface area (Å²) in [6, 6.07) is 0.241. The first-order valence-corrected chi connectivity index (χ1v) is 9.74. The second-order valence-electron chi connectivity index (χ2n) is 9.21. The van der Waals surface area contributed by atoms with Gasteiger partial charge in [-0.3, -0.25) is 4.99 Å². The Morgan fingerprint density at radius 3 is 2.25 bits per heavy atom. The van der Waals surface area contributed by atoms with E-state index in [1.54, 1.807) is 0 Å². The van der Waals surface area contributed by atoms with E-state index in [0.717, 1.165) is 37.5 Å². The Morgan fingerprint density at radius 1 is 1.12 bits per heavy atom. The molecule has 136 valence electrons. The summed E-state index contributed by atoms with van der Waals surface area (Å²) in [5.74, 6) is 1.24. The zero-order valence-electron chi connectivity index (χ0n) is 16.9. The van der Waals surface area contributed by atoms with Crippen LogP contribution in [0.1, 0.15) is 68.2 Å². The first kappa shape index (κ1) is 19.4. The zero-order chi connectivity index (χ0) is 18.3. The van der Waals surface area contributed by atoms with Gasteiger partial charge in [-0.15, -0.1) is 0 Å². The normalized spacial score (nSPS) is 22.5. The molecular formula is C20H35N3S. The lowest BCUT2D eigenvalue weighted by molar-refractivity contribution is 0.269. The quantitative estimate of drug-likeness (QED) is 0.662. The standard InChI is InChI=1S/C20H35N3S/c1-9-10-16(24)22-11-12-23-15(13-22)17(19(3,4)5)14(2)21-18(23)20(6,7)8/h14H,9-13H2,1-8H3/t14-/m0/s1. The molecule has 0 saturated carbocycles. The third-order valence-corrected chi connectivity index (χ3v) is 5.32. The van der Waals surface area contributed by atoms with Crippen LogP contribution in [0.3, 0.4) is 0 Å². The number of hydrogen-bond donors (Lipinski definition) is 0. The highest BCUT2D eigenvalue weighted by Gasteiger charge is 2.40. The summed E-state index contributed by atoms with van der Waals surface area (Å²) >= 11 is 5.69.